The normalized spacial score (nSPS) is 9.92. The average molecular weight is 328 g/mol. The summed E-state index contributed by atoms with van der Waals surface area (Å²) in [4.78, 5) is 19.4. The highest BCUT2D eigenvalue weighted by atomic mass is 16.5. The van der Waals surface area contributed by atoms with E-state index in [0.717, 1.165) is 0 Å². The summed E-state index contributed by atoms with van der Waals surface area (Å²) in [6.45, 7) is 1.36. The van der Waals surface area contributed by atoms with Gasteiger partial charge in [0.2, 0.25) is 11.9 Å². The van der Waals surface area contributed by atoms with Gasteiger partial charge in [0.05, 0.1) is 25.6 Å². The third-order valence-electron chi connectivity index (χ3n) is 3.16. The summed E-state index contributed by atoms with van der Waals surface area (Å²) in [6, 6.07) is 5.08. The van der Waals surface area contributed by atoms with Crippen LogP contribution in [0.3, 0.4) is 0 Å². The van der Waals surface area contributed by atoms with Gasteiger partial charge in [-0.05, 0) is 6.07 Å². The molecule has 0 aliphatic heterocycles. The van der Waals surface area contributed by atoms with Crippen LogP contribution in [-0.4, -0.2) is 30.1 Å². The second-order valence-electron chi connectivity index (χ2n) is 4.74. The molecule has 0 fully saturated rings. The van der Waals surface area contributed by atoms with Crippen molar-refractivity contribution >= 4 is 23.4 Å². The smallest absolute Gasteiger partial charge is 0.222 e. The van der Waals surface area contributed by atoms with Crippen molar-refractivity contribution in [1.82, 2.24) is 9.97 Å². The first-order valence-electron chi connectivity index (χ1n) is 6.78. The Balaban J connectivity index is 2.82. The minimum absolute atomic E-state index is 0.0445. The maximum absolute atomic E-state index is 11.5. The Bertz CT molecular complexity index is 844. The second-order valence-corrected chi connectivity index (χ2v) is 4.74. The van der Waals surface area contributed by atoms with Gasteiger partial charge in [-0.15, -0.1) is 0 Å². The molecule has 1 heterocycles. The van der Waals surface area contributed by atoms with Crippen LogP contribution in [0, 0.1) is 11.3 Å². The molecule has 2 rings (SSSR count). The molecule has 0 spiro atoms. The molecule has 0 saturated carbocycles. The summed E-state index contributed by atoms with van der Waals surface area (Å²) in [6.07, 6.45) is 0. The number of rotatable bonds is 4. The lowest BCUT2D eigenvalue weighted by Gasteiger charge is -2.16. The molecule has 0 atom stereocenters. The summed E-state index contributed by atoms with van der Waals surface area (Å²) < 4.78 is 10.5. The second kappa shape index (κ2) is 6.70. The molecule has 1 aromatic heterocycles. The molecule has 9 nitrogen and oxygen atoms in total. The number of nitrogens with two attached hydrogens (primary N) is 2. The Morgan fingerprint density at radius 3 is 2.38 bits per heavy atom. The van der Waals surface area contributed by atoms with Crippen molar-refractivity contribution in [2.45, 2.75) is 6.92 Å². The summed E-state index contributed by atoms with van der Waals surface area (Å²) in [5.41, 5.74) is 12.4. The molecule has 0 unspecified atom stereocenters. The molecular weight excluding hydrogens is 312 g/mol. The molecule has 1 amide bonds. The maximum atomic E-state index is 11.5. The number of nitrogens with one attached hydrogen (secondary N) is 1. The predicted molar refractivity (Wildman–Crippen MR) is 88.4 cm³/mol. The van der Waals surface area contributed by atoms with Gasteiger partial charge in [-0.2, -0.15) is 10.2 Å². The van der Waals surface area contributed by atoms with Gasteiger partial charge in [0.25, 0.3) is 0 Å². The molecule has 24 heavy (non-hydrogen) atoms. The predicted octanol–water partition coefficient (Wildman–Crippen LogP) is 1.16. The van der Waals surface area contributed by atoms with Gasteiger partial charge in [-0.25, -0.2) is 4.98 Å². The Hall–Kier alpha value is -3.54. The number of nitriles is 1. The van der Waals surface area contributed by atoms with E-state index in [1.165, 1.54) is 21.1 Å². The zero-order valence-electron chi connectivity index (χ0n) is 13.4. The van der Waals surface area contributed by atoms with Gasteiger partial charge in [0.1, 0.15) is 17.5 Å². The van der Waals surface area contributed by atoms with Crippen LogP contribution in [0.25, 0.3) is 11.3 Å². The van der Waals surface area contributed by atoms with Gasteiger partial charge in [-0.3, -0.25) is 4.79 Å². The largest absolute Gasteiger partial charge is 0.493 e. The number of nitrogens with zero attached hydrogens (tertiary/aromatic N) is 3. The number of amides is 1. The Kier molecular flexibility index (Phi) is 4.70. The first-order valence-corrected chi connectivity index (χ1v) is 6.78. The van der Waals surface area contributed by atoms with Crippen molar-refractivity contribution in [3.8, 4) is 28.8 Å². The van der Waals surface area contributed by atoms with E-state index in [4.69, 9.17) is 20.9 Å². The number of methoxy groups -OCH3 is 2. The number of carbonyl (C=O) groups is 1. The van der Waals surface area contributed by atoms with E-state index in [1.54, 1.807) is 12.1 Å². The van der Waals surface area contributed by atoms with E-state index in [2.05, 4.69) is 15.3 Å². The van der Waals surface area contributed by atoms with E-state index in [9.17, 15) is 10.1 Å². The molecule has 9 heteroatoms. The van der Waals surface area contributed by atoms with Gasteiger partial charge >= 0.3 is 0 Å². The Labute approximate surface area is 138 Å². The van der Waals surface area contributed by atoms with Crippen molar-refractivity contribution in [1.29, 1.82) is 5.26 Å². The van der Waals surface area contributed by atoms with Crippen LogP contribution in [0.1, 0.15) is 12.5 Å². The van der Waals surface area contributed by atoms with E-state index in [0.29, 0.717) is 22.7 Å². The van der Waals surface area contributed by atoms with Gasteiger partial charge < -0.3 is 26.3 Å². The fraction of sp³-hybridized carbons (Fsp3) is 0.200. The number of hydrogen-bond donors (Lipinski definition) is 3. The first kappa shape index (κ1) is 16.8. The first-order chi connectivity index (χ1) is 11.4. The van der Waals surface area contributed by atoms with E-state index < -0.39 is 0 Å². The van der Waals surface area contributed by atoms with Crippen LogP contribution in [-0.2, 0) is 4.79 Å². The SMILES string of the molecule is COc1cc(NC(C)=O)c(-c2nc(N)nc(N)c2C#N)cc1OC. The topological polar surface area (TPSA) is 149 Å². The number of anilines is 3. The highest BCUT2D eigenvalue weighted by Gasteiger charge is 2.20. The Morgan fingerprint density at radius 2 is 1.83 bits per heavy atom. The molecule has 2 aromatic rings. The van der Waals surface area contributed by atoms with Gasteiger partial charge in [-0.1, -0.05) is 0 Å². The molecule has 5 N–H and O–H groups in total. The van der Waals surface area contributed by atoms with Crippen LogP contribution in [0.4, 0.5) is 17.5 Å². The zero-order chi connectivity index (χ0) is 17.9. The van der Waals surface area contributed by atoms with Gasteiger partial charge in [0, 0.05) is 18.6 Å². The van der Waals surface area contributed by atoms with Crippen molar-refractivity contribution < 1.29 is 14.3 Å². The summed E-state index contributed by atoms with van der Waals surface area (Å²) in [7, 11) is 2.93. The zero-order valence-corrected chi connectivity index (χ0v) is 13.4. The van der Waals surface area contributed by atoms with E-state index in [1.807, 2.05) is 6.07 Å². The summed E-state index contributed by atoms with van der Waals surface area (Å²) >= 11 is 0. The van der Waals surface area contributed by atoms with Crippen LogP contribution in [0.5, 0.6) is 11.5 Å². The van der Waals surface area contributed by atoms with Crippen molar-refractivity contribution in [2.75, 3.05) is 31.0 Å². The number of aromatic nitrogens is 2. The minimum Gasteiger partial charge on any atom is -0.493 e. The standard InChI is InChI=1S/C15H16N6O3/c1-7(22)19-10-5-12(24-3)11(23-2)4-8(10)13-9(6-16)14(17)21-15(18)20-13/h4-5H,1-3H3,(H,19,22)(H4,17,18,20,21). The Morgan fingerprint density at radius 1 is 1.21 bits per heavy atom. The van der Waals surface area contributed by atoms with Crippen molar-refractivity contribution in [2.24, 2.45) is 0 Å². The molecule has 1 aromatic carbocycles. The van der Waals surface area contributed by atoms with Crippen LogP contribution in [0.2, 0.25) is 0 Å². The van der Waals surface area contributed by atoms with Gasteiger partial charge in [0.15, 0.2) is 11.5 Å². The fourth-order valence-electron chi connectivity index (χ4n) is 2.17. The fourth-order valence-corrected chi connectivity index (χ4v) is 2.17. The lowest BCUT2D eigenvalue weighted by molar-refractivity contribution is -0.114. The number of nitrogen functional groups attached to an aromatic ring is 2. The molecule has 0 bridgehead atoms. The molecule has 0 saturated heterocycles. The maximum Gasteiger partial charge on any atom is 0.222 e. The van der Waals surface area contributed by atoms with Crippen LogP contribution >= 0.6 is 0 Å². The number of ether oxygens (including phenoxy) is 2. The molecule has 0 radical (unpaired) electrons. The molecular formula is C15H16N6O3. The number of hydrogen-bond acceptors (Lipinski definition) is 8. The summed E-state index contributed by atoms with van der Waals surface area (Å²) in [5.74, 6) is 0.338. The average Bonchev–Trinajstić information content (AvgIpc) is 2.53. The highest BCUT2D eigenvalue weighted by Crippen LogP contribution is 2.40. The third-order valence-corrected chi connectivity index (χ3v) is 3.16. The molecule has 124 valence electrons. The molecule has 0 aliphatic carbocycles. The van der Waals surface area contributed by atoms with Crippen LogP contribution < -0.4 is 26.3 Å². The quantitative estimate of drug-likeness (QED) is 0.756. The lowest BCUT2D eigenvalue weighted by atomic mass is 10.0. The monoisotopic (exact) mass is 328 g/mol. The lowest BCUT2D eigenvalue weighted by Crippen LogP contribution is -2.10. The third kappa shape index (κ3) is 3.12. The van der Waals surface area contributed by atoms with E-state index in [-0.39, 0.29) is 28.9 Å². The summed E-state index contributed by atoms with van der Waals surface area (Å²) in [5, 5.41) is 12.0. The highest BCUT2D eigenvalue weighted by molar-refractivity contribution is 5.95. The number of benzene rings is 1. The van der Waals surface area contributed by atoms with Crippen molar-refractivity contribution in [3.05, 3.63) is 17.7 Å². The molecule has 0 aliphatic rings. The minimum atomic E-state index is -0.308. The van der Waals surface area contributed by atoms with E-state index >= 15 is 0 Å². The van der Waals surface area contributed by atoms with Crippen LogP contribution in [0.15, 0.2) is 12.1 Å². The number of carbonyl (C=O) groups excluding carboxylic acids is 1. The van der Waals surface area contributed by atoms with Crippen molar-refractivity contribution in [3.63, 3.8) is 0 Å².